The van der Waals surface area contributed by atoms with Crippen LogP contribution >= 0.6 is 0 Å². The first-order valence-electron chi connectivity index (χ1n) is 3.58. The molecule has 0 atom stereocenters. The van der Waals surface area contributed by atoms with E-state index in [0.29, 0.717) is 0 Å². The Kier molecular flexibility index (Phi) is 1.55. The summed E-state index contributed by atoms with van der Waals surface area (Å²) in [6, 6.07) is 1.63. The molecular weight excluding hydrogens is 152 g/mol. The zero-order valence-corrected chi connectivity index (χ0v) is 6.31. The molecule has 0 saturated heterocycles. The van der Waals surface area contributed by atoms with Crippen molar-refractivity contribution in [2.75, 3.05) is 0 Å². The topological polar surface area (TPSA) is 47.2 Å². The number of hydrogen-bond acceptors (Lipinski definition) is 2. The van der Waals surface area contributed by atoms with Crippen molar-refractivity contribution >= 4 is 5.70 Å². The average molecular weight is 159 g/mol. The summed E-state index contributed by atoms with van der Waals surface area (Å²) in [5.41, 5.74) is 1.67. The quantitative estimate of drug-likeness (QED) is 0.670. The van der Waals surface area contributed by atoms with Crippen LogP contribution in [0.4, 0.5) is 0 Å². The second kappa shape index (κ2) is 2.70. The molecule has 59 valence electrons. The highest BCUT2D eigenvalue weighted by Crippen LogP contribution is 2.18. The molecule has 1 radical (unpaired) electrons. The van der Waals surface area contributed by atoms with Crippen molar-refractivity contribution in [3.8, 4) is 5.75 Å². The predicted molar refractivity (Wildman–Crippen MR) is 45.2 cm³/mol. The second-order valence-corrected chi connectivity index (χ2v) is 2.45. The van der Waals surface area contributed by atoms with E-state index in [0.717, 1.165) is 11.3 Å². The standard InChI is InChI=1S/C9H7N2O/c12-8-4-7(5-10-6-8)9-2-1-3-11-9/h1-6,12H. The van der Waals surface area contributed by atoms with Crippen molar-refractivity contribution in [1.29, 1.82) is 0 Å². The molecule has 0 aromatic carbocycles. The van der Waals surface area contributed by atoms with E-state index >= 15 is 0 Å². The number of rotatable bonds is 1. The zero-order chi connectivity index (χ0) is 8.39. The van der Waals surface area contributed by atoms with Crippen LogP contribution in [0, 0.1) is 0 Å². The van der Waals surface area contributed by atoms with Crippen LogP contribution in [0.3, 0.4) is 0 Å². The molecule has 0 unspecified atom stereocenters. The van der Waals surface area contributed by atoms with Crippen LogP contribution in [0.2, 0.25) is 0 Å². The largest absolute Gasteiger partial charge is 0.506 e. The third-order valence-electron chi connectivity index (χ3n) is 1.57. The van der Waals surface area contributed by atoms with Crippen molar-refractivity contribution in [2.24, 2.45) is 0 Å². The van der Waals surface area contributed by atoms with Gasteiger partial charge in [0.15, 0.2) is 0 Å². The lowest BCUT2D eigenvalue weighted by molar-refractivity contribution is 0.472. The maximum absolute atomic E-state index is 9.12. The Morgan fingerprint density at radius 3 is 2.83 bits per heavy atom. The van der Waals surface area contributed by atoms with Crippen LogP contribution in [0.1, 0.15) is 5.56 Å². The number of pyridine rings is 1. The van der Waals surface area contributed by atoms with Crippen LogP contribution < -0.4 is 5.32 Å². The smallest absolute Gasteiger partial charge is 0.134 e. The van der Waals surface area contributed by atoms with Crippen molar-refractivity contribution in [3.63, 3.8) is 0 Å². The summed E-state index contributed by atoms with van der Waals surface area (Å²) < 4.78 is 0. The fraction of sp³-hybridized carbons (Fsp3) is 0. The summed E-state index contributed by atoms with van der Waals surface area (Å²) in [4.78, 5) is 3.85. The first-order chi connectivity index (χ1) is 5.86. The van der Waals surface area contributed by atoms with Crippen molar-refractivity contribution in [1.82, 2.24) is 10.3 Å². The summed E-state index contributed by atoms with van der Waals surface area (Å²) >= 11 is 0. The molecule has 0 fully saturated rings. The van der Waals surface area contributed by atoms with Crippen molar-refractivity contribution in [3.05, 3.63) is 42.4 Å². The van der Waals surface area contributed by atoms with E-state index < -0.39 is 0 Å². The van der Waals surface area contributed by atoms with Gasteiger partial charge in [-0.05, 0) is 18.2 Å². The van der Waals surface area contributed by atoms with E-state index in [-0.39, 0.29) is 5.75 Å². The number of aromatic hydroxyl groups is 1. The molecule has 2 heterocycles. The highest BCUT2D eigenvalue weighted by Gasteiger charge is 2.04. The summed E-state index contributed by atoms with van der Waals surface area (Å²) in [5.74, 6) is 0.163. The Hall–Kier alpha value is -1.77. The number of hydrogen-bond donors (Lipinski definition) is 1. The maximum atomic E-state index is 9.12. The van der Waals surface area contributed by atoms with Gasteiger partial charge in [0.1, 0.15) is 5.75 Å². The Balaban J connectivity index is 2.35. The molecular formula is C9H7N2O. The van der Waals surface area contributed by atoms with Crippen molar-refractivity contribution < 1.29 is 5.11 Å². The fourth-order valence-electron chi connectivity index (χ4n) is 1.04. The molecule has 1 aromatic rings. The molecule has 12 heavy (non-hydrogen) atoms. The highest BCUT2D eigenvalue weighted by molar-refractivity contribution is 5.68. The Bertz CT molecular complexity index is 355. The third kappa shape index (κ3) is 1.16. The molecule has 3 nitrogen and oxygen atoms in total. The van der Waals surface area contributed by atoms with Gasteiger partial charge in [-0.15, -0.1) is 0 Å². The van der Waals surface area contributed by atoms with E-state index in [9.17, 15) is 0 Å². The van der Waals surface area contributed by atoms with Crippen LogP contribution in [0.5, 0.6) is 5.75 Å². The van der Waals surface area contributed by atoms with Gasteiger partial charge in [0.05, 0.1) is 11.9 Å². The van der Waals surface area contributed by atoms with Gasteiger partial charge in [0.2, 0.25) is 0 Å². The first kappa shape index (κ1) is 6.91. The lowest BCUT2D eigenvalue weighted by Crippen LogP contribution is -1.91. The Morgan fingerprint density at radius 1 is 1.25 bits per heavy atom. The average Bonchev–Trinajstić information content (AvgIpc) is 2.56. The lowest BCUT2D eigenvalue weighted by atomic mass is 10.2. The van der Waals surface area contributed by atoms with E-state index in [1.807, 2.05) is 12.2 Å². The maximum Gasteiger partial charge on any atom is 0.134 e. The van der Waals surface area contributed by atoms with Crippen LogP contribution in [-0.4, -0.2) is 10.1 Å². The van der Waals surface area contributed by atoms with E-state index in [4.69, 9.17) is 5.11 Å². The molecule has 0 saturated carbocycles. The molecule has 1 aliphatic rings. The molecule has 3 heteroatoms. The number of nitrogens with zero attached hydrogens (tertiary/aromatic N) is 2. The molecule has 0 bridgehead atoms. The van der Waals surface area contributed by atoms with Gasteiger partial charge in [-0.1, -0.05) is 0 Å². The molecule has 0 aliphatic carbocycles. The minimum atomic E-state index is 0.163. The second-order valence-electron chi connectivity index (χ2n) is 2.45. The summed E-state index contributed by atoms with van der Waals surface area (Å²) in [6.07, 6.45) is 8.49. The summed E-state index contributed by atoms with van der Waals surface area (Å²) in [5, 5.41) is 13.2. The lowest BCUT2D eigenvalue weighted by Gasteiger charge is -2.00. The fourth-order valence-corrected chi connectivity index (χ4v) is 1.04. The third-order valence-corrected chi connectivity index (χ3v) is 1.57. The zero-order valence-electron chi connectivity index (χ0n) is 6.31. The van der Waals surface area contributed by atoms with Crippen molar-refractivity contribution in [2.45, 2.75) is 0 Å². The Labute approximate surface area is 70.1 Å². The monoisotopic (exact) mass is 159 g/mol. The molecule has 1 aromatic heterocycles. The van der Waals surface area contributed by atoms with Crippen LogP contribution in [-0.2, 0) is 0 Å². The van der Waals surface area contributed by atoms with Gasteiger partial charge in [0, 0.05) is 18.0 Å². The molecule has 1 N–H and O–H groups in total. The van der Waals surface area contributed by atoms with Crippen LogP contribution in [0.15, 0.2) is 36.8 Å². The SMILES string of the molecule is Oc1cncc(C2=CC=C[N]2)c1. The first-order valence-corrected chi connectivity index (χ1v) is 3.58. The highest BCUT2D eigenvalue weighted by atomic mass is 16.3. The molecule has 1 aliphatic heterocycles. The summed E-state index contributed by atoms with van der Waals surface area (Å²) in [7, 11) is 0. The minimum Gasteiger partial charge on any atom is -0.506 e. The van der Waals surface area contributed by atoms with Gasteiger partial charge in [0.25, 0.3) is 0 Å². The molecule has 0 spiro atoms. The molecule has 2 rings (SSSR count). The minimum absolute atomic E-state index is 0.163. The van der Waals surface area contributed by atoms with E-state index in [2.05, 4.69) is 10.3 Å². The molecule has 0 amide bonds. The van der Waals surface area contributed by atoms with Gasteiger partial charge in [-0.3, -0.25) is 10.3 Å². The van der Waals surface area contributed by atoms with Gasteiger partial charge < -0.3 is 5.11 Å². The van der Waals surface area contributed by atoms with Gasteiger partial charge in [-0.25, -0.2) is 0 Å². The van der Waals surface area contributed by atoms with E-state index in [1.54, 1.807) is 18.5 Å². The number of allylic oxidation sites excluding steroid dienone is 2. The van der Waals surface area contributed by atoms with Crippen LogP contribution in [0.25, 0.3) is 5.70 Å². The Morgan fingerprint density at radius 2 is 2.17 bits per heavy atom. The van der Waals surface area contributed by atoms with Gasteiger partial charge >= 0.3 is 0 Å². The van der Waals surface area contributed by atoms with Gasteiger partial charge in [-0.2, -0.15) is 0 Å². The van der Waals surface area contributed by atoms with E-state index in [1.165, 1.54) is 6.20 Å². The summed E-state index contributed by atoms with van der Waals surface area (Å²) in [6.45, 7) is 0. The normalized spacial score (nSPS) is 14.2. The predicted octanol–water partition coefficient (Wildman–Crippen LogP) is 1.26. The number of aromatic nitrogens is 1.